The first-order valence-electron chi connectivity index (χ1n) is 7.88. The molecule has 5 nitrogen and oxygen atoms in total. The number of carbonyl (C=O) groups is 2. The molecule has 0 fully saturated rings. The smallest absolute Gasteiger partial charge is 0.242 e. The molecule has 1 aromatic carbocycles. The van der Waals surface area contributed by atoms with E-state index in [4.69, 9.17) is 5.73 Å². The highest BCUT2D eigenvalue weighted by Crippen LogP contribution is 2.03. The molecule has 23 heavy (non-hydrogen) atoms. The van der Waals surface area contributed by atoms with Gasteiger partial charge in [-0.15, -0.1) is 12.4 Å². The standard InChI is InChI=1S/C17H27N3O2.ClH/c1-20(14-15-9-5-4-6-10-15)17(22)13-19-16(21)11-7-2-3-8-12-18;/h4-6,9-10H,2-3,7-8,11-14,18H2,1H3,(H,19,21);1H. The van der Waals surface area contributed by atoms with Gasteiger partial charge in [0, 0.05) is 20.0 Å². The second-order valence-corrected chi connectivity index (χ2v) is 5.47. The lowest BCUT2D eigenvalue weighted by atomic mass is 10.1. The van der Waals surface area contributed by atoms with E-state index in [1.54, 1.807) is 11.9 Å². The minimum absolute atomic E-state index is 0. The van der Waals surface area contributed by atoms with Crippen LogP contribution in [-0.2, 0) is 16.1 Å². The molecule has 2 amide bonds. The van der Waals surface area contributed by atoms with Gasteiger partial charge in [-0.25, -0.2) is 0 Å². The van der Waals surface area contributed by atoms with Crippen molar-refractivity contribution in [3.8, 4) is 0 Å². The zero-order chi connectivity index (χ0) is 16.2. The lowest BCUT2D eigenvalue weighted by Crippen LogP contribution is -2.37. The molecule has 0 aliphatic heterocycles. The van der Waals surface area contributed by atoms with Crippen molar-refractivity contribution >= 4 is 24.2 Å². The molecule has 0 spiro atoms. The van der Waals surface area contributed by atoms with Crippen molar-refractivity contribution in [2.45, 2.75) is 38.6 Å². The van der Waals surface area contributed by atoms with Gasteiger partial charge >= 0.3 is 0 Å². The van der Waals surface area contributed by atoms with Crippen LogP contribution in [-0.4, -0.2) is 36.9 Å². The molecule has 0 aliphatic rings. The number of halogens is 1. The first-order valence-corrected chi connectivity index (χ1v) is 7.88. The van der Waals surface area contributed by atoms with Crippen LogP contribution in [0.1, 0.15) is 37.7 Å². The Hall–Kier alpha value is -1.59. The molecule has 0 atom stereocenters. The Balaban J connectivity index is 0.00000484. The molecule has 0 radical (unpaired) electrons. The van der Waals surface area contributed by atoms with Crippen molar-refractivity contribution in [1.82, 2.24) is 10.2 Å². The maximum atomic E-state index is 12.0. The first kappa shape index (κ1) is 21.4. The molecule has 1 aromatic rings. The van der Waals surface area contributed by atoms with Gasteiger partial charge in [0.15, 0.2) is 0 Å². The van der Waals surface area contributed by atoms with E-state index in [9.17, 15) is 9.59 Å². The number of unbranched alkanes of at least 4 members (excludes halogenated alkanes) is 3. The van der Waals surface area contributed by atoms with E-state index in [1.165, 1.54) is 0 Å². The number of rotatable bonds is 10. The summed E-state index contributed by atoms with van der Waals surface area (Å²) in [6, 6.07) is 9.78. The monoisotopic (exact) mass is 341 g/mol. The average Bonchev–Trinajstić information content (AvgIpc) is 2.53. The topological polar surface area (TPSA) is 75.4 Å². The zero-order valence-electron chi connectivity index (χ0n) is 13.8. The number of nitrogens with two attached hydrogens (primary N) is 1. The summed E-state index contributed by atoms with van der Waals surface area (Å²) in [5, 5.41) is 2.69. The van der Waals surface area contributed by atoms with E-state index in [2.05, 4.69) is 5.32 Å². The molecule has 3 N–H and O–H groups in total. The van der Waals surface area contributed by atoms with Gasteiger partial charge in [0.05, 0.1) is 6.54 Å². The maximum Gasteiger partial charge on any atom is 0.242 e. The molecule has 0 saturated heterocycles. The second-order valence-electron chi connectivity index (χ2n) is 5.47. The van der Waals surface area contributed by atoms with Crippen LogP contribution >= 0.6 is 12.4 Å². The molecular formula is C17H28ClN3O2. The molecule has 130 valence electrons. The van der Waals surface area contributed by atoms with E-state index in [0.717, 1.165) is 31.2 Å². The zero-order valence-corrected chi connectivity index (χ0v) is 14.6. The van der Waals surface area contributed by atoms with Crippen LogP contribution < -0.4 is 11.1 Å². The number of benzene rings is 1. The normalized spacial score (nSPS) is 9.83. The lowest BCUT2D eigenvalue weighted by molar-refractivity contribution is -0.132. The summed E-state index contributed by atoms with van der Waals surface area (Å²) in [4.78, 5) is 25.2. The fraction of sp³-hybridized carbons (Fsp3) is 0.529. The van der Waals surface area contributed by atoms with E-state index in [1.807, 2.05) is 30.3 Å². The van der Waals surface area contributed by atoms with Gasteiger partial charge in [0.2, 0.25) is 11.8 Å². The van der Waals surface area contributed by atoms with Gasteiger partial charge < -0.3 is 16.0 Å². The molecule has 0 heterocycles. The number of nitrogens with zero attached hydrogens (tertiary/aromatic N) is 1. The van der Waals surface area contributed by atoms with Gasteiger partial charge in [0.25, 0.3) is 0 Å². The van der Waals surface area contributed by atoms with Crippen LogP contribution in [0.15, 0.2) is 30.3 Å². The predicted molar refractivity (Wildman–Crippen MR) is 95.3 cm³/mol. The van der Waals surface area contributed by atoms with Crippen LogP contribution in [0.25, 0.3) is 0 Å². The quantitative estimate of drug-likeness (QED) is 0.640. The second kappa shape index (κ2) is 12.9. The Bertz CT molecular complexity index is 454. The highest BCUT2D eigenvalue weighted by atomic mass is 35.5. The Morgan fingerprint density at radius 1 is 1.09 bits per heavy atom. The van der Waals surface area contributed by atoms with Crippen LogP contribution in [0.2, 0.25) is 0 Å². The van der Waals surface area contributed by atoms with Gasteiger partial charge in [-0.05, 0) is 24.9 Å². The van der Waals surface area contributed by atoms with E-state index >= 15 is 0 Å². The molecule has 0 aromatic heterocycles. The van der Waals surface area contributed by atoms with Crippen LogP contribution in [0.4, 0.5) is 0 Å². The summed E-state index contributed by atoms with van der Waals surface area (Å²) < 4.78 is 0. The number of hydrogen-bond donors (Lipinski definition) is 2. The van der Waals surface area contributed by atoms with Crippen LogP contribution in [0.5, 0.6) is 0 Å². The third kappa shape index (κ3) is 9.92. The maximum absolute atomic E-state index is 12.0. The number of hydrogen-bond acceptors (Lipinski definition) is 3. The SMILES string of the molecule is CN(Cc1ccccc1)C(=O)CNC(=O)CCCCCCN.Cl. The molecule has 6 heteroatoms. The van der Waals surface area contributed by atoms with Gasteiger partial charge in [-0.2, -0.15) is 0 Å². The lowest BCUT2D eigenvalue weighted by Gasteiger charge is -2.17. The third-order valence-corrected chi connectivity index (χ3v) is 3.48. The van der Waals surface area contributed by atoms with Crippen molar-refractivity contribution in [3.63, 3.8) is 0 Å². The summed E-state index contributed by atoms with van der Waals surface area (Å²) in [7, 11) is 1.74. The summed E-state index contributed by atoms with van der Waals surface area (Å²) in [6.07, 6.45) is 4.39. The van der Waals surface area contributed by atoms with Gasteiger partial charge in [-0.1, -0.05) is 43.2 Å². The summed E-state index contributed by atoms with van der Waals surface area (Å²) in [5.41, 5.74) is 6.49. The summed E-state index contributed by atoms with van der Waals surface area (Å²) in [6.45, 7) is 1.31. The van der Waals surface area contributed by atoms with E-state index < -0.39 is 0 Å². The van der Waals surface area contributed by atoms with Crippen molar-refractivity contribution in [1.29, 1.82) is 0 Å². The average molecular weight is 342 g/mol. The Labute approximate surface area is 145 Å². The first-order chi connectivity index (χ1) is 10.6. The van der Waals surface area contributed by atoms with Crippen molar-refractivity contribution in [2.24, 2.45) is 5.73 Å². The van der Waals surface area contributed by atoms with Crippen LogP contribution in [0, 0.1) is 0 Å². The molecule has 0 bridgehead atoms. The largest absolute Gasteiger partial charge is 0.347 e. The minimum atomic E-state index is -0.0830. The number of likely N-dealkylation sites (N-methyl/N-ethyl adjacent to an activating group) is 1. The predicted octanol–water partition coefficient (Wildman–Crippen LogP) is 2.09. The fourth-order valence-corrected chi connectivity index (χ4v) is 2.13. The Morgan fingerprint density at radius 3 is 2.39 bits per heavy atom. The molecule has 0 aliphatic carbocycles. The minimum Gasteiger partial charge on any atom is -0.347 e. The van der Waals surface area contributed by atoms with Crippen molar-refractivity contribution < 1.29 is 9.59 Å². The molecule has 0 saturated carbocycles. The molecule has 0 unspecified atom stereocenters. The number of amides is 2. The number of carbonyl (C=O) groups excluding carboxylic acids is 2. The van der Waals surface area contributed by atoms with Gasteiger partial charge in [-0.3, -0.25) is 9.59 Å². The molecular weight excluding hydrogens is 314 g/mol. The van der Waals surface area contributed by atoms with Crippen molar-refractivity contribution in [2.75, 3.05) is 20.1 Å². The highest BCUT2D eigenvalue weighted by Gasteiger charge is 2.10. The van der Waals surface area contributed by atoms with Gasteiger partial charge in [0.1, 0.15) is 0 Å². The van der Waals surface area contributed by atoms with Crippen LogP contribution in [0.3, 0.4) is 0 Å². The third-order valence-electron chi connectivity index (χ3n) is 3.48. The van der Waals surface area contributed by atoms with Crippen molar-refractivity contribution in [3.05, 3.63) is 35.9 Å². The Kier molecular flexibility index (Phi) is 12.0. The van der Waals surface area contributed by atoms with E-state index in [-0.39, 0.29) is 30.8 Å². The fourth-order valence-electron chi connectivity index (χ4n) is 2.13. The Morgan fingerprint density at radius 2 is 1.74 bits per heavy atom. The number of nitrogens with one attached hydrogen (secondary N) is 1. The summed E-state index contributed by atoms with van der Waals surface area (Å²) in [5.74, 6) is -0.144. The van der Waals surface area contributed by atoms with E-state index in [0.29, 0.717) is 19.5 Å². The highest BCUT2D eigenvalue weighted by molar-refractivity contribution is 5.85. The molecule has 1 rings (SSSR count). The summed E-state index contributed by atoms with van der Waals surface area (Å²) >= 11 is 0.